The number of methoxy groups -OCH3 is 1. The van der Waals surface area contributed by atoms with Crippen LogP contribution >= 0.6 is 0 Å². The first kappa shape index (κ1) is 24.1. The van der Waals surface area contributed by atoms with E-state index in [2.05, 4.69) is 75.4 Å². The Morgan fingerprint density at radius 3 is 2.47 bits per heavy atom. The van der Waals surface area contributed by atoms with Gasteiger partial charge in [0, 0.05) is 17.4 Å². The van der Waals surface area contributed by atoms with E-state index in [1.54, 1.807) is 13.3 Å². The molecule has 0 saturated heterocycles. The molecule has 1 aliphatic heterocycles. The van der Waals surface area contributed by atoms with E-state index in [9.17, 15) is 4.79 Å². The zero-order chi connectivity index (χ0) is 24.5. The predicted molar refractivity (Wildman–Crippen MR) is 138 cm³/mol. The number of rotatable bonds is 8. The molecular weight excluding hydrogens is 422 g/mol. The molecule has 1 N–H and O–H groups in total. The second kappa shape index (κ2) is 9.28. The number of ether oxygens (including phenoxy) is 1. The number of para-hydroxylation sites is 1. The minimum Gasteiger partial charge on any atom is -0.496 e. The number of carbonyl (C=O) groups is 1. The van der Waals surface area contributed by atoms with Crippen molar-refractivity contribution >= 4 is 11.6 Å². The molecule has 34 heavy (non-hydrogen) atoms. The highest BCUT2D eigenvalue weighted by Crippen LogP contribution is 2.43. The van der Waals surface area contributed by atoms with Crippen molar-refractivity contribution in [3.05, 3.63) is 77.0 Å². The number of fused-ring (bicyclic) bond motifs is 1. The molecule has 5 nitrogen and oxygen atoms in total. The van der Waals surface area contributed by atoms with E-state index in [0.717, 1.165) is 36.4 Å². The maximum absolute atomic E-state index is 13.8. The van der Waals surface area contributed by atoms with Crippen molar-refractivity contribution in [2.24, 2.45) is 0 Å². The van der Waals surface area contributed by atoms with Crippen LogP contribution < -0.4 is 10.1 Å². The lowest BCUT2D eigenvalue weighted by molar-refractivity contribution is 0.0944. The third kappa shape index (κ3) is 4.24. The highest BCUT2D eigenvalue weighted by molar-refractivity contribution is 6.01. The predicted octanol–water partition coefficient (Wildman–Crippen LogP) is 6.82. The van der Waals surface area contributed by atoms with Gasteiger partial charge in [-0.3, -0.25) is 4.79 Å². The van der Waals surface area contributed by atoms with Crippen LogP contribution in [0.3, 0.4) is 0 Å². The van der Waals surface area contributed by atoms with Crippen LogP contribution in [0.5, 0.6) is 5.75 Å². The molecule has 4 rings (SSSR count). The molecule has 3 aromatic rings. The van der Waals surface area contributed by atoms with Crippen LogP contribution in [0.4, 0.5) is 5.82 Å². The van der Waals surface area contributed by atoms with Crippen molar-refractivity contribution in [3.8, 4) is 5.75 Å². The molecule has 5 heteroatoms. The summed E-state index contributed by atoms with van der Waals surface area (Å²) in [5.74, 6) is 1.80. The van der Waals surface area contributed by atoms with Gasteiger partial charge in [0.1, 0.15) is 11.6 Å². The zero-order valence-corrected chi connectivity index (χ0v) is 21.3. The molecule has 1 aliphatic rings. The van der Waals surface area contributed by atoms with Crippen molar-refractivity contribution < 1.29 is 9.53 Å². The smallest absolute Gasteiger partial charge is 0.169 e. The largest absolute Gasteiger partial charge is 0.496 e. The fourth-order valence-corrected chi connectivity index (χ4v) is 5.41. The van der Waals surface area contributed by atoms with Crippen LogP contribution in [0.1, 0.15) is 86.5 Å². The van der Waals surface area contributed by atoms with E-state index in [1.807, 2.05) is 22.9 Å². The van der Waals surface area contributed by atoms with Gasteiger partial charge in [-0.15, -0.1) is 0 Å². The normalized spacial score (nSPS) is 17.1. The monoisotopic (exact) mass is 459 g/mol. The summed E-state index contributed by atoms with van der Waals surface area (Å²) in [5.41, 5.74) is 3.81. The zero-order valence-electron chi connectivity index (χ0n) is 21.3. The van der Waals surface area contributed by atoms with E-state index >= 15 is 0 Å². The number of hydrogen-bond donors (Lipinski definition) is 1. The van der Waals surface area contributed by atoms with Crippen LogP contribution in [-0.4, -0.2) is 22.7 Å². The molecule has 0 spiro atoms. The fourth-order valence-electron chi connectivity index (χ4n) is 5.41. The van der Waals surface area contributed by atoms with Crippen molar-refractivity contribution in [2.75, 3.05) is 12.4 Å². The molecule has 1 unspecified atom stereocenters. The first-order chi connectivity index (χ1) is 16.2. The van der Waals surface area contributed by atoms with Gasteiger partial charge in [0.05, 0.1) is 30.5 Å². The molecule has 1 aromatic heterocycles. The molecule has 0 saturated carbocycles. The van der Waals surface area contributed by atoms with Crippen molar-refractivity contribution in [1.29, 1.82) is 0 Å². The summed E-state index contributed by atoms with van der Waals surface area (Å²) in [6.07, 6.45) is 4.87. The quantitative estimate of drug-likeness (QED) is 0.375. The molecule has 180 valence electrons. The Balaban J connectivity index is 1.69. The maximum atomic E-state index is 13.8. The van der Waals surface area contributed by atoms with Crippen LogP contribution in [0, 0.1) is 6.92 Å². The Labute approximate surface area is 203 Å². The first-order valence-electron chi connectivity index (χ1n) is 12.3. The van der Waals surface area contributed by atoms with Gasteiger partial charge < -0.3 is 10.1 Å². The standard InChI is InChI=1S/C29H37N3O2/c1-7-29(8-2,21-15-13-20(3)14-16-21)18-25(33)23-19-30-32-27(23)31-24(17-28(32,4)5)22-11-9-10-12-26(22)34-6/h9-16,19,24,31H,7-8,17-18H2,1-6H3. The van der Waals surface area contributed by atoms with E-state index in [4.69, 9.17) is 4.74 Å². The molecule has 2 heterocycles. The molecule has 0 amide bonds. The van der Waals surface area contributed by atoms with E-state index in [-0.39, 0.29) is 22.8 Å². The second-order valence-corrected chi connectivity index (χ2v) is 10.2. The summed E-state index contributed by atoms with van der Waals surface area (Å²) in [7, 11) is 1.70. The van der Waals surface area contributed by atoms with Gasteiger partial charge in [0.2, 0.25) is 0 Å². The molecule has 1 atom stereocenters. The highest BCUT2D eigenvalue weighted by Gasteiger charge is 2.39. The number of anilines is 1. The number of nitrogens with zero attached hydrogens (tertiary/aromatic N) is 2. The van der Waals surface area contributed by atoms with Crippen LogP contribution in [0.15, 0.2) is 54.7 Å². The maximum Gasteiger partial charge on any atom is 0.169 e. The van der Waals surface area contributed by atoms with Gasteiger partial charge in [0.15, 0.2) is 5.78 Å². The Morgan fingerprint density at radius 1 is 1.15 bits per heavy atom. The van der Waals surface area contributed by atoms with Crippen molar-refractivity contribution in [1.82, 2.24) is 9.78 Å². The molecule has 0 bridgehead atoms. The SMILES string of the molecule is CCC(CC)(CC(=O)c1cnn2c1NC(c1ccccc1OC)CC2(C)C)c1ccc(C)cc1. The van der Waals surface area contributed by atoms with E-state index < -0.39 is 0 Å². The third-order valence-electron chi connectivity index (χ3n) is 7.69. The topological polar surface area (TPSA) is 56.2 Å². The summed E-state index contributed by atoms with van der Waals surface area (Å²) < 4.78 is 7.62. The number of Topliss-reactive ketones (excluding diaryl/α,β-unsaturated/α-hetero) is 1. The Morgan fingerprint density at radius 2 is 1.82 bits per heavy atom. The Bertz CT molecular complexity index is 1160. The minimum atomic E-state index is -0.242. The lowest BCUT2D eigenvalue weighted by Crippen LogP contribution is -2.38. The van der Waals surface area contributed by atoms with Gasteiger partial charge in [-0.1, -0.05) is 61.9 Å². The lowest BCUT2D eigenvalue weighted by Gasteiger charge is -2.39. The van der Waals surface area contributed by atoms with Gasteiger partial charge in [-0.25, -0.2) is 4.68 Å². The van der Waals surface area contributed by atoms with Crippen LogP contribution in [0.2, 0.25) is 0 Å². The summed E-state index contributed by atoms with van der Waals surface area (Å²) in [6.45, 7) is 10.8. The molecule has 0 aliphatic carbocycles. The van der Waals surface area contributed by atoms with Gasteiger partial charge in [-0.05, 0) is 51.7 Å². The first-order valence-corrected chi connectivity index (χ1v) is 12.3. The van der Waals surface area contributed by atoms with Crippen LogP contribution in [-0.2, 0) is 11.0 Å². The molecule has 0 fully saturated rings. The van der Waals surface area contributed by atoms with Crippen LogP contribution in [0.25, 0.3) is 0 Å². The number of aromatic nitrogens is 2. The number of aryl methyl sites for hydroxylation is 1. The number of carbonyl (C=O) groups excluding carboxylic acids is 1. The molecule has 2 aromatic carbocycles. The average molecular weight is 460 g/mol. The average Bonchev–Trinajstić information content (AvgIpc) is 3.28. The summed E-state index contributed by atoms with van der Waals surface area (Å²) in [6, 6.07) is 16.8. The van der Waals surface area contributed by atoms with E-state index in [1.165, 1.54) is 11.1 Å². The fraction of sp³-hybridized carbons (Fsp3) is 0.448. The van der Waals surface area contributed by atoms with Crippen molar-refractivity contribution in [3.63, 3.8) is 0 Å². The van der Waals surface area contributed by atoms with Gasteiger partial charge in [0.25, 0.3) is 0 Å². The summed E-state index contributed by atoms with van der Waals surface area (Å²) in [4.78, 5) is 13.8. The second-order valence-electron chi connectivity index (χ2n) is 10.2. The van der Waals surface area contributed by atoms with Crippen molar-refractivity contribution in [2.45, 2.75) is 77.3 Å². The third-order valence-corrected chi connectivity index (χ3v) is 7.69. The highest BCUT2D eigenvalue weighted by atomic mass is 16.5. The Kier molecular flexibility index (Phi) is 6.57. The lowest BCUT2D eigenvalue weighted by atomic mass is 9.71. The number of ketones is 1. The summed E-state index contributed by atoms with van der Waals surface area (Å²) >= 11 is 0. The number of hydrogen-bond acceptors (Lipinski definition) is 4. The molecular formula is C29H37N3O2. The van der Waals surface area contributed by atoms with Gasteiger partial charge >= 0.3 is 0 Å². The number of benzene rings is 2. The summed E-state index contributed by atoms with van der Waals surface area (Å²) in [5, 5.41) is 8.31. The Hall–Kier alpha value is -3.08. The van der Waals surface area contributed by atoms with E-state index in [0.29, 0.717) is 12.0 Å². The molecule has 0 radical (unpaired) electrons. The van der Waals surface area contributed by atoms with Gasteiger partial charge in [-0.2, -0.15) is 5.10 Å². The minimum absolute atomic E-state index is 0.0288. The number of nitrogens with one attached hydrogen (secondary N) is 1.